The van der Waals surface area contributed by atoms with Crippen LogP contribution in [0, 0.1) is 11.6 Å². The van der Waals surface area contributed by atoms with Gasteiger partial charge in [-0.05, 0) is 36.8 Å². The minimum absolute atomic E-state index is 0.0551. The van der Waals surface area contributed by atoms with E-state index in [4.69, 9.17) is 0 Å². The second kappa shape index (κ2) is 6.64. The van der Waals surface area contributed by atoms with E-state index in [1.165, 1.54) is 12.1 Å². The van der Waals surface area contributed by atoms with Gasteiger partial charge in [0.2, 0.25) is 0 Å². The first-order valence-electron chi connectivity index (χ1n) is 7.36. The Bertz CT molecular complexity index is 454. The number of likely N-dealkylation sites (tertiary alicyclic amines) is 1. The molecule has 0 atom stereocenters. The van der Waals surface area contributed by atoms with Crippen molar-refractivity contribution in [1.82, 2.24) is 4.90 Å². The van der Waals surface area contributed by atoms with Gasteiger partial charge >= 0.3 is 0 Å². The fraction of sp³-hybridized carbons (Fsp3) is 0.625. The van der Waals surface area contributed by atoms with Gasteiger partial charge in [-0.2, -0.15) is 0 Å². The number of aliphatic hydroxyl groups excluding tert-OH is 1. The molecule has 1 aromatic carbocycles. The summed E-state index contributed by atoms with van der Waals surface area (Å²) in [6, 6.07) is 2.91. The Labute approximate surface area is 119 Å². The first-order chi connectivity index (χ1) is 9.49. The van der Waals surface area contributed by atoms with Crippen molar-refractivity contribution in [3.63, 3.8) is 0 Å². The van der Waals surface area contributed by atoms with Gasteiger partial charge in [-0.1, -0.05) is 19.9 Å². The van der Waals surface area contributed by atoms with Gasteiger partial charge in [-0.3, -0.25) is 0 Å². The molecule has 1 N–H and O–H groups in total. The van der Waals surface area contributed by atoms with Crippen LogP contribution in [0.3, 0.4) is 0 Å². The Hall–Kier alpha value is -1.00. The molecule has 0 bridgehead atoms. The fourth-order valence-electron chi connectivity index (χ4n) is 2.70. The summed E-state index contributed by atoms with van der Waals surface area (Å²) >= 11 is 0. The maximum atomic E-state index is 14.3. The summed E-state index contributed by atoms with van der Waals surface area (Å²) in [6.45, 7) is 6.06. The Morgan fingerprint density at radius 3 is 2.50 bits per heavy atom. The molecule has 1 heterocycles. The number of hydrogen-bond donors (Lipinski definition) is 1. The van der Waals surface area contributed by atoms with E-state index < -0.39 is 11.6 Å². The average molecular weight is 283 g/mol. The molecule has 0 aliphatic carbocycles. The minimum Gasteiger partial charge on any atom is -0.393 e. The number of aliphatic hydroxyl groups is 1. The van der Waals surface area contributed by atoms with Crippen molar-refractivity contribution in [2.75, 3.05) is 19.6 Å². The van der Waals surface area contributed by atoms with E-state index in [0.717, 1.165) is 25.9 Å². The topological polar surface area (TPSA) is 23.5 Å². The van der Waals surface area contributed by atoms with E-state index in [9.17, 15) is 13.9 Å². The van der Waals surface area contributed by atoms with Crippen LogP contribution in [0.15, 0.2) is 12.1 Å². The van der Waals surface area contributed by atoms with E-state index in [2.05, 4.69) is 4.90 Å². The van der Waals surface area contributed by atoms with Gasteiger partial charge in [-0.25, -0.2) is 8.78 Å². The molecule has 1 aromatic rings. The van der Waals surface area contributed by atoms with Crippen molar-refractivity contribution in [2.24, 2.45) is 0 Å². The molecule has 0 amide bonds. The number of rotatable bonds is 4. The number of nitrogens with zero attached hydrogens (tertiary/aromatic N) is 1. The fourth-order valence-corrected chi connectivity index (χ4v) is 2.70. The van der Waals surface area contributed by atoms with Gasteiger partial charge in [0.05, 0.1) is 6.10 Å². The third-order valence-corrected chi connectivity index (χ3v) is 4.07. The average Bonchev–Trinajstić information content (AvgIpc) is 2.40. The van der Waals surface area contributed by atoms with Gasteiger partial charge in [-0.15, -0.1) is 0 Å². The molecule has 0 radical (unpaired) electrons. The number of benzene rings is 1. The predicted molar refractivity (Wildman–Crippen MR) is 75.8 cm³/mol. The summed E-state index contributed by atoms with van der Waals surface area (Å²) in [6.07, 6.45) is 1.66. The van der Waals surface area contributed by atoms with Gasteiger partial charge in [0, 0.05) is 25.2 Å². The highest BCUT2D eigenvalue weighted by Crippen LogP contribution is 2.24. The molecule has 0 aromatic heterocycles. The lowest BCUT2D eigenvalue weighted by Gasteiger charge is -2.29. The van der Waals surface area contributed by atoms with E-state index in [1.54, 1.807) is 0 Å². The van der Waals surface area contributed by atoms with E-state index in [-0.39, 0.29) is 17.6 Å². The Balaban J connectivity index is 2.03. The molecular weight excluding hydrogens is 260 g/mol. The molecule has 0 spiro atoms. The summed E-state index contributed by atoms with van der Waals surface area (Å²) < 4.78 is 28.1. The van der Waals surface area contributed by atoms with Crippen LogP contribution in [0.25, 0.3) is 0 Å². The summed E-state index contributed by atoms with van der Waals surface area (Å²) in [7, 11) is 0. The number of piperidine rings is 1. The van der Waals surface area contributed by atoms with Crippen LogP contribution in [0.2, 0.25) is 0 Å². The zero-order chi connectivity index (χ0) is 14.7. The molecule has 1 aliphatic heterocycles. The zero-order valence-electron chi connectivity index (χ0n) is 12.2. The molecule has 2 nitrogen and oxygen atoms in total. The summed E-state index contributed by atoms with van der Waals surface area (Å²) in [5.74, 6) is -0.791. The summed E-state index contributed by atoms with van der Waals surface area (Å²) in [4.78, 5) is 2.16. The molecule has 1 fully saturated rings. The normalized spacial score (nSPS) is 17.9. The lowest BCUT2D eigenvalue weighted by Crippen LogP contribution is -2.37. The van der Waals surface area contributed by atoms with Crippen LogP contribution in [0.1, 0.15) is 43.7 Å². The smallest absolute Gasteiger partial charge is 0.132 e. The summed E-state index contributed by atoms with van der Waals surface area (Å²) in [5, 5.41) is 9.45. The maximum Gasteiger partial charge on any atom is 0.132 e. The van der Waals surface area contributed by atoms with Crippen molar-refractivity contribution >= 4 is 0 Å². The molecule has 0 saturated carbocycles. The highest BCUT2D eigenvalue weighted by Gasteiger charge is 2.19. The standard InChI is InChI=1S/C16H23F2NO/c1-11(2)13-3-4-15(17)14(16(13)18)7-10-19-8-5-12(20)6-9-19/h3-4,11-12,20H,5-10H2,1-2H3. The SMILES string of the molecule is CC(C)c1ccc(F)c(CCN2CCC(O)CC2)c1F. The van der Waals surface area contributed by atoms with Gasteiger partial charge in [0.25, 0.3) is 0 Å². The van der Waals surface area contributed by atoms with Gasteiger partial charge in [0.1, 0.15) is 11.6 Å². The second-order valence-electron chi connectivity index (χ2n) is 5.91. The molecular formula is C16H23F2NO. The van der Waals surface area contributed by atoms with Crippen LogP contribution in [-0.2, 0) is 6.42 Å². The third-order valence-electron chi connectivity index (χ3n) is 4.07. The van der Waals surface area contributed by atoms with E-state index in [1.807, 2.05) is 13.8 Å². The first kappa shape index (κ1) is 15.4. The van der Waals surface area contributed by atoms with Crippen LogP contribution in [-0.4, -0.2) is 35.7 Å². The van der Waals surface area contributed by atoms with Crippen LogP contribution in [0.4, 0.5) is 8.78 Å². The van der Waals surface area contributed by atoms with Crippen molar-refractivity contribution in [3.05, 3.63) is 34.9 Å². The molecule has 0 unspecified atom stereocenters. The van der Waals surface area contributed by atoms with Crippen LogP contribution < -0.4 is 0 Å². The maximum absolute atomic E-state index is 14.3. The van der Waals surface area contributed by atoms with E-state index in [0.29, 0.717) is 18.5 Å². The Kier molecular flexibility index (Phi) is 5.11. The second-order valence-corrected chi connectivity index (χ2v) is 5.91. The number of halogens is 2. The van der Waals surface area contributed by atoms with Crippen molar-refractivity contribution in [3.8, 4) is 0 Å². The van der Waals surface area contributed by atoms with Crippen molar-refractivity contribution in [2.45, 2.75) is 45.1 Å². The van der Waals surface area contributed by atoms with Crippen molar-refractivity contribution < 1.29 is 13.9 Å². The lowest BCUT2D eigenvalue weighted by molar-refractivity contribution is 0.0829. The van der Waals surface area contributed by atoms with Gasteiger partial charge < -0.3 is 10.0 Å². The van der Waals surface area contributed by atoms with Crippen LogP contribution >= 0.6 is 0 Å². The highest BCUT2D eigenvalue weighted by molar-refractivity contribution is 5.29. The minimum atomic E-state index is -0.455. The molecule has 2 rings (SSSR count). The Morgan fingerprint density at radius 1 is 1.25 bits per heavy atom. The number of hydrogen-bond acceptors (Lipinski definition) is 2. The lowest BCUT2D eigenvalue weighted by atomic mass is 9.97. The zero-order valence-corrected chi connectivity index (χ0v) is 12.2. The largest absolute Gasteiger partial charge is 0.393 e. The van der Waals surface area contributed by atoms with Crippen LogP contribution in [0.5, 0.6) is 0 Å². The molecule has 1 aliphatic rings. The predicted octanol–water partition coefficient (Wildman–Crippen LogP) is 3.09. The van der Waals surface area contributed by atoms with Crippen molar-refractivity contribution in [1.29, 1.82) is 0 Å². The van der Waals surface area contributed by atoms with E-state index >= 15 is 0 Å². The third kappa shape index (κ3) is 3.55. The van der Waals surface area contributed by atoms with Gasteiger partial charge in [0.15, 0.2) is 0 Å². The summed E-state index contributed by atoms with van der Waals surface area (Å²) in [5.41, 5.74) is 0.776. The molecule has 4 heteroatoms. The monoisotopic (exact) mass is 283 g/mol. The highest BCUT2D eigenvalue weighted by atomic mass is 19.1. The first-order valence-corrected chi connectivity index (χ1v) is 7.36. The Morgan fingerprint density at radius 2 is 1.90 bits per heavy atom. The molecule has 1 saturated heterocycles. The molecule has 20 heavy (non-hydrogen) atoms. The quantitative estimate of drug-likeness (QED) is 0.918. The molecule has 112 valence electrons.